The Morgan fingerprint density at radius 2 is 1.79 bits per heavy atom. The first-order valence-corrected chi connectivity index (χ1v) is 8.71. The molecule has 0 unspecified atom stereocenters. The van der Waals surface area contributed by atoms with Crippen molar-refractivity contribution >= 4 is 11.0 Å². The normalized spacial score (nSPS) is 11.7. The number of benzene rings is 2. The maximum Gasteiger partial charge on any atom is 0.204 e. The first-order valence-electron chi connectivity index (χ1n) is 8.71. The summed E-state index contributed by atoms with van der Waals surface area (Å²) in [7, 11) is 1.39. The van der Waals surface area contributed by atoms with Crippen molar-refractivity contribution in [2.75, 3.05) is 7.11 Å². The van der Waals surface area contributed by atoms with Crippen LogP contribution < -0.4 is 10.2 Å². The van der Waals surface area contributed by atoms with Crippen LogP contribution in [0.4, 0.5) is 0 Å². The van der Waals surface area contributed by atoms with Crippen LogP contribution in [0.1, 0.15) is 25.8 Å². The third-order valence-corrected chi connectivity index (χ3v) is 4.58. The SMILES string of the molecule is COc1cc(-c2coc3c(CCC(C)(C)O)c(O)cc(O)c3c2=O)ccc1O. The van der Waals surface area contributed by atoms with Gasteiger partial charge in [0.25, 0.3) is 0 Å². The Morgan fingerprint density at radius 1 is 1.07 bits per heavy atom. The summed E-state index contributed by atoms with van der Waals surface area (Å²) in [5, 5.41) is 40.1. The zero-order valence-corrected chi connectivity index (χ0v) is 15.8. The van der Waals surface area contributed by atoms with E-state index in [2.05, 4.69) is 0 Å². The Balaban J connectivity index is 2.20. The van der Waals surface area contributed by atoms with E-state index < -0.39 is 16.8 Å². The Bertz CT molecular complexity index is 1090. The molecule has 0 saturated heterocycles. The fourth-order valence-electron chi connectivity index (χ4n) is 3.04. The molecule has 2 aromatic carbocycles. The minimum absolute atomic E-state index is 0.0620. The predicted molar refractivity (Wildman–Crippen MR) is 104 cm³/mol. The van der Waals surface area contributed by atoms with E-state index in [1.165, 1.54) is 31.6 Å². The second-order valence-electron chi connectivity index (χ2n) is 7.28. The van der Waals surface area contributed by atoms with Crippen molar-refractivity contribution in [1.29, 1.82) is 0 Å². The van der Waals surface area contributed by atoms with Gasteiger partial charge in [-0.05, 0) is 44.4 Å². The number of hydrogen-bond acceptors (Lipinski definition) is 7. The lowest BCUT2D eigenvalue weighted by Crippen LogP contribution is -2.19. The summed E-state index contributed by atoms with van der Waals surface area (Å²) < 4.78 is 10.7. The number of aryl methyl sites for hydroxylation is 1. The minimum atomic E-state index is -0.973. The molecule has 7 nitrogen and oxygen atoms in total. The highest BCUT2D eigenvalue weighted by atomic mass is 16.5. The lowest BCUT2D eigenvalue weighted by molar-refractivity contribution is 0.0713. The third kappa shape index (κ3) is 3.61. The van der Waals surface area contributed by atoms with Gasteiger partial charge in [0.1, 0.15) is 28.7 Å². The summed E-state index contributed by atoms with van der Waals surface area (Å²) in [6.45, 7) is 3.28. The van der Waals surface area contributed by atoms with Crippen LogP contribution in [0, 0.1) is 0 Å². The van der Waals surface area contributed by atoms with Gasteiger partial charge in [-0.25, -0.2) is 0 Å². The van der Waals surface area contributed by atoms with Gasteiger partial charge in [0, 0.05) is 11.6 Å². The number of fused-ring (bicyclic) bond motifs is 1. The summed E-state index contributed by atoms with van der Waals surface area (Å²) in [4.78, 5) is 13.0. The van der Waals surface area contributed by atoms with Crippen molar-refractivity contribution in [3.63, 3.8) is 0 Å². The number of phenols is 3. The Hall–Kier alpha value is -3.19. The van der Waals surface area contributed by atoms with E-state index in [4.69, 9.17) is 9.15 Å². The van der Waals surface area contributed by atoms with Gasteiger partial charge in [0.15, 0.2) is 11.5 Å². The lowest BCUT2D eigenvalue weighted by atomic mass is 9.96. The number of methoxy groups -OCH3 is 1. The standard InChI is InChI=1S/C21H22O7/c1-21(2,26)7-6-12-15(23)9-16(24)18-19(25)13(10-28-20(12)18)11-4-5-14(22)17(8-11)27-3/h4-5,8-10,22-24,26H,6-7H2,1-3H3. The molecule has 1 heterocycles. The van der Waals surface area contributed by atoms with Crippen molar-refractivity contribution in [2.45, 2.75) is 32.3 Å². The summed E-state index contributed by atoms with van der Waals surface area (Å²) in [6, 6.07) is 5.51. The number of ether oxygens (including phenoxy) is 1. The molecule has 28 heavy (non-hydrogen) atoms. The van der Waals surface area contributed by atoms with E-state index >= 15 is 0 Å². The average Bonchev–Trinajstić information content (AvgIpc) is 2.61. The van der Waals surface area contributed by atoms with E-state index in [0.29, 0.717) is 17.5 Å². The van der Waals surface area contributed by atoms with E-state index in [1.807, 2.05) is 0 Å². The number of aromatic hydroxyl groups is 3. The van der Waals surface area contributed by atoms with Gasteiger partial charge >= 0.3 is 0 Å². The first kappa shape index (κ1) is 19.6. The van der Waals surface area contributed by atoms with Gasteiger partial charge in [-0.15, -0.1) is 0 Å². The number of aliphatic hydroxyl groups is 1. The van der Waals surface area contributed by atoms with E-state index in [1.54, 1.807) is 13.8 Å². The second kappa shape index (κ2) is 7.09. The number of phenolic OH excluding ortho intramolecular Hbond substituents is 3. The molecule has 148 valence electrons. The molecule has 7 heteroatoms. The molecule has 0 aliphatic heterocycles. The molecule has 0 spiro atoms. The van der Waals surface area contributed by atoms with Crippen LogP contribution in [0.3, 0.4) is 0 Å². The fourth-order valence-corrected chi connectivity index (χ4v) is 3.04. The zero-order chi connectivity index (χ0) is 20.6. The van der Waals surface area contributed by atoms with Crippen LogP contribution in [-0.2, 0) is 6.42 Å². The van der Waals surface area contributed by atoms with Crippen LogP contribution in [0.15, 0.2) is 39.7 Å². The zero-order valence-electron chi connectivity index (χ0n) is 15.8. The molecule has 3 rings (SSSR count). The Kier molecular flexibility index (Phi) is 4.95. The molecule has 0 amide bonds. The van der Waals surface area contributed by atoms with Crippen molar-refractivity contribution in [3.8, 4) is 34.1 Å². The van der Waals surface area contributed by atoms with Gasteiger partial charge in [0.2, 0.25) is 5.43 Å². The highest BCUT2D eigenvalue weighted by molar-refractivity contribution is 5.90. The smallest absolute Gasteiger partial charge is 0.204 e. The summed E-state index contributed by atoms with van der Waals surface area (Å²) in [6.07, 6.45) is 1.81. The molecule has 0 aliphatic rings. The van der Waals surface area contributed by atoms with Crippen LogP contribution in [0.25, 0.3) is 22.1 Å². The molecule has 0 fully saturated rings. The second-order valence-corrected chi connectivity index (χ2v) is 7.28. The molecule has 1 aromatic heterocycles. The predicted octanol–water partition coefficient (Wildman–Crippen LogP) is 3.29. The number of rotatable bonds is 5. The monoisotopic (exact) mass is 386 g/mol. The van der Waals surface area contributed by atoms with Gasteiger partial charge in [-0.2, -0.15) is 0 Å². The average molecular weight is 386 g/mol. The maximum atomic E-state index is 13.0. The van der Waals surface area contributed by atoms with Crippen molar-refractivity contribution in [1.82, 2.24) is 0 Å². The molecule has 0 aliphatic carbocycles. The van der Waals surface area contributed by atoms with Crippen LogP contribution >= 0.6 is 0 Å². The molecule has 4 N–H and O–H groups in total. The largest absolute Gasteiger partial charge is 0.507 e. The third-order valence-electron chi connectivity index (χ3n) is 4.58. The molecule has 0 bridgehead atoms. The van der Waals surface area contributed by atoms with Crippen molar-refractivity contribution in [2.24, 2.45) is 0 Å². The van der Waals surface area contributed by atoms with Crippen LogP contribution in [-0.4, -0.2) is 33.1 Å². The van der Waals surface area contributed by atoms with Crippen LogP contribution in [0.5, 0.6) is 23.0 Å². The highest BCUT2D eigenvalue weighted by Crippen LogP contribution is 2.37. The Labute approximate surface area is 161 Å². The fraction of sp³-hybridized carbons (Fsp3) is 0.286. The number of hydrogen-bond donors (Lipinski definition) is 4. The summed E-state index contributed by atoms with van der Waals surface area (Å²) in [5.74, 6) is -0.492. The van der Waals surface area contributed by atoms with E-state index in [-0.39, 0.29) is 40.2 Å². The molecule has 0 saturated carbocycles. The molecule has 0 atom stereocenters. The van der Waals surface area contributed by atoms with E-state index in [9.17, 15) is 25.2 Å². The van der Waals surface area contributed by atoms with Gasteiger partial charge in [-0.3, -0.25) is 4.79 Å². The molecular weight excluding hydrogens is 364 g/mol. The minimum Gasteiger partial charge on any atom is -0.507 e. The topological polar surface area (TPSA) is 120 Å². The van der Waals surface area contributed by atoms with Crippen LogP contribution in [0.2, 0.25) is 0 Å². The molecular formula is C21H22O7. The van der Waals surface area contributed by atoms with Crippen molar-refractivity contribution in [3.05, 3.63) is 46.3 Å². The lowest BCUT2D eigenvalue weighted by Gasteiger charge is -2.18. The molecule has 3 aromatic rings. The Morgan fingerprint density at radius 3 is 2.43 bits per heavy atom. The van der Waals surface area contributed by atoms with Crippen molar-refractivity contribution < 1.29 is 29.6 Å². The quantitative estimate of drug-likeness (QED) is 0.531. The highest BCUT2D eigenvalue weighted by Gasteiger charge is 2.21. The van der Waals surface area contributed by atoms with Gasteiger partial charge in [0.05, 0.1) is 18.3 Å². The summed E-state index contributed by atoms with van der Waals surface area (Å²) in [5.41, 5.74) is -0.449. The first-order chi connectivity index (χ1) is 13.1. The molecule has 0 radical (unpaired) electrons. The maximum absolute atomic E-state index is 13.0. The summed E-state index contributed by atoms with van der Waals surface area (Å²) >= 11 is 0. The van der Waals surface area contributed by atoms with Gasteiger partial charge in [-0.1, -0.05) is 6.07 Å². The van der Waals surface area contributed by atoms with E-state index in [0.717, 1.165) is 6.07 Å². The van der Waals surface area contributed by atoms with Gasteiger partial charge < -0.3 is 29.6 Å².